The lowest BCUT2D eigenvalue weighted by molar-refractivity contribution is -0.148. The number of amides is 1. The predicted octanol–water partition coefficient (Wildman–Crippen LogP) is -0.236. The highest BCUT2D eigenvalue weighted by atomic mass is 16.4. The highest BCUT2D eigenvalue weighted by Gasteiger charge is 2.26. The second-order valence-electron chi connectivity index (χ2n) is 3.81. The first-order valence-corrected chi connectivity index (χ1v) is 5.39. The fraction of sp³-hybridized carbons (Fsp3) is 0.250. The molecule has 0 aliphatic carbocycles. The minimum atomic E-state index is -1.58. The zero-order chi connectivity index (χ0) is 14.4. The summed E-state index contributed by atoms with van der Waals surface area (Å²) in [4.78, 5) is 32.9. The predicted molar refractivity (Wildman–Crippen MR) is 63.2 cm³/mol. The van der Waals surface area contributed by atoms with Gasteiger partial charge >= 0.3 is 11.9 Å². The monoisotopic (exact) mass is 267 g/mol. The van der Waals surface area contributed by atoms with E-state index in [2.05, 4.69) is 0 Å². The van der Waals surface area contributed by atoms with Crippen molar-refractivity contribution in [2.24, 2.45) is 0 Å². The molecule has 0 saturated heterocycles. The largest absolute Gasteiger partial charge is 0.481 e. The number of carbonyl (C=O) groups excluding carboxylic acids is 1. The topological polar surface area (TPSA) is 124 Å². The molecule has 0 heterocycles. The van der Waals surface area contributed by atoms with E-state index >= 15 is 0 Å². The van der Waals surface area contributed by atoms with Crippen LogP contribution in [0.1, 0.15) is 18.1 Å². The maximum absolute atomic E-state index is 11.6. The van der Waals surface area contributed by atoms with E-state index in [0.29, 0.717) is 5.56 Å². The lowest BCUT2D eigenvalue weighted by Gasteiger charge is -2.16. The zero-order valence-corrected chi connectivity index (χ0v) is 9.81. The van der Waals surface area contributed by atoms with Crippen molar-refractivity contribution >= 4 is 17.8 Å². The number of benzene rings is 1. The van der Waals surface area contributed by atoms with Crippen LogP contribution in [-0.2, 0) is 14.4 Å². The maximum Gasteiger partial charge on any atom is 0.326 e. The van der Waals surface area contributed by atoms with Gasteiger partial charge in [-0.1, -0.05) is 30.3 Å². The Morgan fingerprint density at radius 3 is 2.16 bits per heavy atom. The molecule has 2 atom stereocenters. The summed E-state index contributed by atoms with van der Waals surface area (Å²) in [6.07, 6.45) is -2.31. The van der Waals surface area contributed by atoms with Crippen molar-refractivity contribution in [3.8, 4) is 0 Å². The third kappa shape index (κ3) is 4.40. The van der Waals surface area contributed by atoms with Crippen LogP contribution in [0.15, 0.2) is 30.3 Å². The fourth-order valence-electron chi connectivity index (χ4n) is 1.41. The molecule has 2 unspecified atom stereocenters. The summed E-state index contributed by atoms with van der Waals surface area (Å²) in [6.45, 7) is 0. The van der Waals surface area contributed by atoms with Gasteiger partial charge in [0.15, 0.2) is 6.10 Å². The number of carboxylic acids is 2. The average Bonchev–Trinajstić information content (AvgIpc) is 2.37. The molecule has 19 heavy (non-hydrogen) atoms. The molecular formula is C12H13NO6. The lowest BCUT2D eigenvalue weighted by atomic mass is 10.1. The molecular weight excluding hydrogens is 254 g/mol. The summed E-state index contributed by atoms with van der Waals surface area (Å²) in [6, 6.07) is 6.33. The molecule has 0 bridgehead atoms. The van der Waals surface area contributed by atoms with E-state index in [1.807, 2.05) is 5.32 Å². The summed E-state index contributed by atoms with van der Waals surface area (Å²) in [5.74, 6) is -3.79. The molecule has 7 nitrogen and oxygen atoms in total. The summed E-state index contributed by atoms with van der Waals surface area (Å²) in [7, 11) is 0. The van der Waals surface area contributed by atoms with Crippen molar-refractivity contribution in [2.45, 2.75) is 18.6 Å². The number of aliphatic hydroxyl groups is 1. The van der Waals surface area contributed by atoms with Crippen LogP contribution in [0.3, 0.4) is 0 Å². The van der Waals surface area contributed by atoms with Gasteiger partial charge in [-0.15, -0.1) is 0 Å². The van der Waals surface area contributed by atoms with Crippen molar-refractivity contribution < 1.29 is 29.7 Å². The van der Waals surface area contributed by atoms with Crippen molar-refractivity contribution in [1.82, 2.24) is 5.32 Å². The molecule has 7 heteroatoms. The van der Waals surface area contributed by atoms with Crippen molar-refractivity contribution in [3.05, 3.63) is 35.9 Å². The molecule has 102 valence electrons. The first kappa shape index (κ1) is 14.7. The van der Waals surface area contributed by atoms with E-state index in [9.17, 15) is 19.5 Å². The van der Waals surface area contributed by atoms with Crippen LogP contribution in [-0.4, -0.2) is 39.2 Å². The average molecular weight is 267 g/mol. The number of aliphatic hydroxyl groups excluding tert-OH is 1. The van der Waals surface area contributed by atoms with E-state index in [4.69, 9.17) is 10.2 Å². The van der Waals surface area contributed by atoms with Crippen LogP contribution in [0.25, 0.3) is 0 Å². The Bertz CT molecular complexity index is 472. The van der Waals surface area contributed by atoms with Gasteiger partial charge < -0.3 is 20.6 Å². The molecule has 0 spiro atoms. The molecule has 1 rings (SSSR count). The van der Waals surface area contributed by atoms with Gasteiger partial charge in [-0.25, -0.2) is 4.79 Å². The second kappa shape index (κ2) is 6.50. The van der Waals surface area contributed by atoms with Gasteiger partial charge in [0, 0.05) is 0 Å². The SMILES string of the molecule is O=C(O)CC(NC(=O)C(O)c1ccccc1)C(=O)O. The summed E-state index contributed by atoms with van der Waals surface area (Å²) in [5, 5.41) is 29.0. The minimum absolute atomic E-state index is 0.291. The Hall–Kier alpha value is -2.41. The normalized spacial score (nSPS) is 13.3. The number of hydrogen-bond donors (Lipinski definition) is 4. The molecule has 0 radical (unpaired) electrons. The molecule has 0 fully saturated rings. The van der Waals surface area contributed by atoms with Crippen LogP contribution >= 0.6 is 0 Å². The number of nitrogens with one attached hydrogen (secondary N) is 1. The number of carbonyl (C=O) groups is 3. The first-order valence-electron chi connectivity index (χ1n) is 5.39. The van der Waals surface area contributed by atoms with Gasteiger partial charge in [-0.05, 0) is 5.56 Å². The minimum Gasteiger partial charge on any atom is -0.481 e. The van der Waals surface area contributed by atoms with Crippen molar-refractivity contribution in [1.29, 1.82) is 0 Å². The third-order valence-corrected chi connectivity index (χ3v) is 2.36. The Labute approximate surface area is 108 Å². The molecule has 1 amide bonds. The number of carboxylic acid groups (broad SMARTS) is 2. The van der Waals surface area contributed by atoms with Crippen molar-refractivity contribution in [2.75, 3.05) is 0 Å². The second-order valence-corrected chi connectivity index (χ2v) is 3.81. The van der Waals surface area contributed by atoms with E-state index in [1.165, 1.54) is 12.1 Å². The number of rotatable bonds is 6. The molecule has 1 aromatic carbocycles. The van der Waals surface area contributed by atoms with Gasteiger partial charge in [-0.2, -0.15) is 0 Å². The lowest BCUT2D eigenvalue weighted by Crippen LogP contribution is -2.44. The van der Waals surface area contributed by atoms with Gasteiger partial charge in [0.2, 0.25) is 0 Å². The summed E-state index contributed by atoms with van der Waals surface area (Å²) in [5.41, 5.74) is 0.291. The van der Waals surface area contributed by atoms with Crippen LogP contribution < -0.4 is 5.32 Å². The smallest absolute Gasteiger partial charge is 0.326 e. The Kier molecular flexibility index (Phi) is 5.01. The van der Waals surface area contributed by atoms with E-state index in [-0.39, 0.29) is 0 Å². The highest BCUT2D eigenvalue weighted by molar-refractivity contribution is 5.89. The summed E-state index contributed by atoms with van der Waals surface area (Å²) >= 11 is 0. The Morgan fingerprint density at radius 1 is 1.11 bits per heavy atom. The van der Waals surface area contributed by atoms with E-state index in [1.54, 1.807) is 18.2 Å². The van der Waals surface area contributed by atoms with Crippen molar-refractivity contribution in [3.63, 3.8) is 0 Å². The molecule has 0 aliphatic rings. The summed E-state index contributed by atoms with van der Waals surface area (Å²) < 4.78 is 0. The van der Waals surface area contributed by atoms with Crippen LogP contribution in [0.4, 0.5) is 0 Å². The first-order chi connectivity index (χ1) is 8.91. The van der Waals surface area contributed by atoms with Crippen LogP contribution in [0, 0.1) is 0 Å². The number of aliphatic carboxylic acids is 2. The highest BCUT2D eigenvalue weighted by Crippen LogP contribution is 2.12. The number of hydrogen-bond acceptors (Lipinski definition) is 4. The van der Waals surface area contributed by atoms with Gasteiger partial charge in [0.1, 0.15) is 6.04 Å². The van der Waals surface area contributed by atoms with E-state index < -0.39 is 36.4 Å². The Balaban J connectivity index is 2.72. The molecule has 1 aromatic rings. The maximum atomic E-state index is 11.6. The Morgan fingerprint density at radius 2 is 1.68 bits per heavy atom. The van der Waals surface area contributed by atoms with Gasteiger partial charge in [0.05, 0.1) is 6.42 Å². The third-order valence-electron chi connectivity index (χ3n) is 2.36. The quantitative estimate of drug-likeness (QED) is 0.564. The van der Waals surface area contributed by atoms with Gasteiger partial charge in [0.25, 0.3) is 5.91 Å². The van der Waals surface area contributed by atoms with Gasteiger partial charge in [-0.3, -0.25) is 9.59 Å². The fourth-order valence-corrected chi connectivity index (χ4v) is 1.41. The van der Waals surface area contributed by atoms with E-state index in [0.717, 1.165) is 0 Å². The molecule has 4 N–H and O–H groups in total. The van der Waals surface area contributed by atoms with Crippen LogP contribution in [0.5, 0.6) is 0 Å². The molecule has 0 aliphatic heterocycles. The molecule has 0 aromatic heterocycles. The van der Waals surface area contributed by atoms with Crippen LogP contribution in [0.2, 0.25) is 0 Å². The standard InChI is InChI=1S/C12H13NO6/c14-9(15)6-8(12(18)19)13-11(17)10(16)7-4-2-1-3-5-7/h1-5,8,10,16H,6H2,(H,13,17)(H,14,15)(H,18,19). The molecule has 0 saturated carbocycles. The zero-order valence-electron chi connectivity index (χ0n) is 9.81.